The number of ketones is 1. The van der Waals surface area contributed by atoms with Crippen molar-refractivity contribution in [3.8, 4) is 5.75 Å². The Bertz CT molecular complexity index is 874. The number of rotatable bonds is 6. The molecule has 1 amide bonds. The van der Waals surface area contributed by atoms with Crippen molar-refractivity contribution in [2.75, 3.05) is 13.2 Å². The van der Waals surface area contributed by atoms with Gasteiger partial charge in [-0.2, -0.15) is 0 Å². The highest BCUT2D eigenvalue weighted by atomic mass is 16.5. The van der Waals surface area contributed by atoms with Crippen molar-refractivity contribution in [3.05, 3.63) is 64.7 Å². The number of carbonyl (C=O) groups is 2. The molecule has 4 rings (SSSR count). The van der Waals surface area contributed by atoms with Gasteiger partial charge in [-0.15, -0.1) is 0 Å². The highest BCUT2D eigenvalue weighted by Crippen LogP contribution is 2.26. The normalized spacial score (nSPS) is 17.8. The fraction of sp³-hybridized carbons (Fsp3) is 0.417. The van der Waals surface area contributed by atoms with Crippen LogP contribution in [0.4, 0.5) is 0 Å². The van der Waals surface area contributed by atoms with Crippen LogP contribution in [-0.2, 0) is 24.1 Å². The molecule has 1 heterocycles. The Morgan fingerprint density at radius 3 is 2.68 bits per heavy atom. The molecule has 1 atom stereocenters. The van der Waals surface area contributed by atoms with Crippen molar-refractivity contribution >= 4 is 11.7 Å². The first-order valence-corrected chi connectivity index (χ1v) is 10.3. The van der Waals surface area contributed by atoms with Crippen LogP contribution in [0.2, 0.25) is 0 Å². The van der Waals surface area contributed by atoms with Crippen LogP contribution in [0.15, 0.2) is 42.5 Å². The molecule has 4 nitrogen and oxygen atoms in total. The van der Waals surface area contributed by atoms with Crippen LogP contribution in [0.1, 0.15) is 52.7 Å². The largest absolute Gasteiger partial charge is 0.493 e. The lowest BCUT2D eigenvalue weighted by Crippen LogP contribution is -2.34. The number of para-hydroxylation sites is 1. The van der Waals surface area contributed by atoms with Gasteiger partial charge in [0.1, 0.15) is 5.75 Å². The minimum atomic E-state index is -0.0647. The van der Waals surface area contributed by atoms with Crippen LogP contribution in [0.25, 0.3) is 0 Å². The Balaban J connectivity index is 1.23. The minimum Gasteiger partial charge on any atom is -0.493 e. The van der Waals surface area contributed by atoms with E-state index < -0.39 is 0 Å². The average Bonchev–Trinajstić information content (AvgIpc) is 2.75. The van der Waals surface area contributed by atoms with Crippen LogP contribution in [0, 0.1) is 5.92 Å². The second-order valence-electron chi connectivity index (χ2n) is 7.91. The van der Waals surface area contributed by atoms with E-state index >= 15 is 0 Å². The minimum absolute atomic E-state index is 0.0541. The van der Waals surface area contributed by atoms with E-state index in [1.807, 2.05) is 30.3 Å². The Labute approximate surface area is 166 Å². The van der Waals surface area contributed by atoms with Gasteiger partial charge >= 0.3 is 0 Å². The van der Waals surface area contributed by atoms with Crippen molar-refractivity contribution in [1.82, 2.24) is 5.32 Å². The molecule has 28 heavy (non-hydrogen) atoms. The van der Waals surface area contributed by atoms with Crippen molar-refractivity contribution < 1.29 is 14.3 Å². The lowest BCUT2D eigenvalue weighted by atomic mass is 9.89. The van der Waals surface area contributed by atoms with Crippen molar-refractivity contribution in [2.24, 2.45) is 5.92 Å². The Morgan fingerprint density at radius 2 is 1.79 bits per heavy atom. The molecule has 0 spiro atoms. The lowest BCUT2D eigenvalue weighted by molar-refractivity contribution is -0.121. The van der Waals surface area contributed by atoms with E-state index in [1.165, 1.54) is 29.5 Å². The summed E-state index contributed by atoms with van der Waals surface area (Å²) in [5.41, 5.74) is 4.61. The summed E-state index contributed by atoms with van der Waals surface area (Å²) in [5, 5.41) is 2.97. The quantitative estimate of drug-likeness (QED) is 0.777. The Morgan fingerprint density at radius 1 is 0.964 bits per heavy atom. The van der Waals surface area contributed by atoms with Gasteiger partial charge in [-0.1, -0.05) is 30.3 Å². The first-order chi connectivity index (χ1) is 13.7. The Kier molecular flexibility index (Phi) is 5.75. The molecule has 2 aromatic rings. The van der Waals surface area contributed by atoms with E-state index in [9.17, 15) is 9.59 Å². The van der Waals surface area contributed by atoms with Crippen LogP contribution in [-0.4, -0.2) is 24.8 Å². The molecule has 2 aliphatic rings. The van der Waals surface area contributed by atoms with E-state index in [4.69, 9.17) is 4.74 Å². The van der Waals surface area contributed by atoms with Gasteiger partial charge in [-0.3, -0.25) is 9.59 Å². The standard InChI is InChI=1S/C24H27NO3/c26-22(20-10-9-18-5-1-2-6-19(18)14-20)11-12-24(27)25-15-17-13-21-7-3-4-8-23(21)28-16-17/h3-4,7-10,14,17H,1-2,5-6,11-13,15-16H2,(H,25,27). The van der Waals surface area contributed by atoms with Crippen LogP contribution in [0.5, 0.6) is 5.75 Å². The summed E-state index contributed by atoms with van der Waals surface area (Å²) in [5.74, 6) is 1.21. The highest BCUT2D eigenvalue weighted by Gasteiger charge is 2.20. The zero-order valence-electron chi connectivity index (χ0n) is 16.2. The van der Waals surface area contributed by atoms with Crippen molar-refractivity contribution in [3.63, 3.8) is 0 Å². The van der Waals surface area contributed by atoms with E-state index in [0.29, 0.717) is 13.2 Å². The fourth-order valence-corrected chi connectivity index (χ4v) is 4.15. The van der Waals surface area contributed by atoms with E-state index in [1.54, 1.807) is 0 Å². The molecule has 2 aromatic carbocycles. The second kappa shape index (κ2) is 8.59. The van der Waals surface area contributed by atoms with Gasteiger partial charge < -0.3 is 10.1 Å². The number of fused-ring (bicyclic) bond motifs is 2. The van der Waals surface area contributed by atoms with E-state index in [-0.39, 0.29) is 30.4 Å². The molecule has 1 unspecified atom stereocenters. The van der Waals surface area contributed by atoms with E-state index in [0.717, 1.165) is 30.6 Å². The number of nitrogens with one attached hydrogen (secondary N) is 1. The number of benzene rings is 2. The van der Waals surface area contributed by atoms with Gasteiger partial charge in [0.2, 0.25) is 5.91 Å². The van der Waals surface area contributed by atoms with Gasteiger partial charge in [0.15, 0.2) is 5.78 Å². The Hall–Kier alpha value is -2.62. The number of hydrogen-bond acceptors (Lipinski definition) is 3. The average molecular weight is 377 g/mol. The van der Waals surface area contributed by atoms with Gasteiger partial charge in [0.25, 0.3) is 0 Å². The second-order valence-corrected chi connectivity index (χ2v) is 7.91. The summed E-state index contributed by atoms with van der Waals surface area (Å²) in [4.78, 5) is 24.7. The fourth-order valence-electron chi connectivity index (χ4n) is 4.15. The number of Topliss-reactive ketones (excluding diaryl/α,β-unsaturated/α-hetero) is 1. The van der Waals surface area contributed by atoms with Crippen LogP contribution < -0.4 is 10.1 Å². The molecule has 4 heteroatoms. The molecule has 0 radical (unpaired) electrons. The molecule has 1 N–H and O–H groups in total. The SMILES string of the molecule is O=C(CCC(=O)c1ccc2c(c1)CCCC2)NCC1COc2ccccc2C1. The third kappa shape index (κ3) is 4.44. The molecule has 0 saturated carbocycles. The summed E-state index contributed by atoms with van der Waals surface area (Å²) in [6.45, 7) is 1.20. The summed E-state index contributed by atoms with van der Waals surface area (Å²) < 4.78 is 5.76. The van der Waals surface area contributed by atoms with Crippen molar-refractivity contribution in [2.45, 2.75) is 44.9 Å². The topological polar surface area (TPSA) is 55.4 Å². The third-order valence-electron chi connectivity index (χ3n) is 5.79. The zero-order chi connectivity index (χ0) is 19.3. The molecule has 0 bridgehead atoms. The summed E-state index contributed by atoms with van der Waals surface area (Å²) in [6.07, 6.45) is 6.00. The molecule has 1 aliphatic carbocycles. The number of aryl methyl sites for hydroxylation is 2. The predicted octanol–water partition coefficient (Wildman–Crippen LogP) is 3.90. The number of carbonyl (C=O) groups excluding carboxylic acids is 2. The monoisotopic (exact) mass is 377 g/mol. The molecule has 0 saturated heterocycles. The molecule has 1 aliphatic heterocycles. The molecule has 146 valence electrons. The maximum atomic E-state index is 12.5. The molecular formula is C24H27NO3. The number of amides is 1. The zero-order valence-corrected chi connectivity index (χ0v) is 16.2. The van der Waals surface area contributed by atoms with Crippen LogP contribution >= 0.6 is 0 Å². The van der Waals surface area contributed by atoms with Crippen molar-refractivity contribution in [1.29, 1.82) is 0 Å². The smallest absolute Gasteiger partial charge is 0.220 e. The highest BCUT2D eigenvalue weighted by molar-refractivity contribution is 5.98. The molecular weight excluding hydrogens is 350 g/mol. The molecule has 0 aromatic heterocycles. The maximum Gasteiger partial charge on any atom is 0.220 e. The third-order valence-corrected chi connectivity index (χ3v) is 5.79. The van der Waals surface area contributed by atoms with E-state index in [2.05, 4.69) is 17.4 Å². The van der Waals surface area contributed by atoms with Gasteiger partial charge in [0.05, 0.1) is 6.61 Å². The van der Waals surface area contributed by atoms with Gasteiger partial charge in [-0.25, -0.2) is 0 Å². The van der Waals surface area contributed by atoms with Gasteiger partial charge in [0, 0.05) is 30.9 Å². The summed E-state index contributed by atoms with van der Waals surface area (Å²) in [6, 6.07) is 14.1. The predicted molar refractivity (Wildman–Crippen MR) is 109 cm³/mol. The first-order valence-electron chi connectivity index (χ1n) is 10.3. The van der Waals surface area contributed by atoms with Crippen LogP contribution in [0.3, 0.4) is 0 Å². The summed E-state index contributed by atoms with van der Waals surface area (Å²) >= 11 is 0. The van der Waals surface area contributed by atoms with Gasteiger partial charge in [-0.05, 0) is 60.9 Å². The lowest BCUT2D eigenvalue weighted by Gasteiger charge is -2.25. The number of ether oxygens (including phenoxy) is 1. The number of hydrogen-bond donors (Lipinski definition) is 1. The summed E-state index contributed by atoms with van der Waals surface area (Å²) in [7, 11) is 0. The molecule has 0 fully saturated rings. The first kappa shape index (κ1) is 18.7. The maximum absolute atomic E-state index is 12.5.